The molecule has 0 radical (unpaired) electrons. The molecule has 0 aliphatic heterocycles. The third-order valence-electron chi connectivity index (χ3n) is 5.13. The van der Waals surface area contributed by atoms with Gasteiger partial charge in [0.2, 0.25) is 5.88 Å². The first-order valence-corrected chi connectivity index (χ1v) is 10.3. The fraction of sp³-hybridized carbons (Fsp3) is 0.261. The summed E-state index contributed by atoms with van der Waals surface area (Å²) >= 11 is 0. The van der Waals surface area contributed by atoms with Gasteiger partial charge in [-0.25, -0.2) is 27.0 Å². The molecule has 0 fully saturated rings. The van der Waals surface area contributed by atoms with Gasteiger partial charge in [0.15, 0.2) is 0 Å². The number of aromatic nitrogens is 2. The van der Waals surface area contributed by atoms with Crippen LogP contribution in [0, 0.1) is 11.6 Å². The molecule has 0 unspecified atom stereocenters. The number of ether oxygens (including phenoxy) is 2. The van der Waals surface area contributed by atoms with Crippen LogP contribution >= 0.6 is 0 Å². The second-order valence-corrected chi connectivity index (χ2v) is 7.66. The largest absolute Gasteiger partial charge is 0.465 e. The van der Waals surface area contributed by atoms with Gasteiger partial charge in [-0.15, -0.1) is 0 Å². The SMILES string of the molecule is COC(=O)c1c(F)cc([C@H](C)NC(=O)c2c(C(F)F)nn(C)c2Oc2cccc(C(F)(F)F)c2)cc1F. The average molecular weight is 533 g/mol. The Morgan fingerprint density at radius 3 is 2.22 bits per heavy atom. The van der Waals surface area contributed by atoms with Gasteiger partial charge in [0.05, 0.1) is 18.7 Å². The zero-order valence-corrected chi connectivity index (χ0v) is 19.3. The summed E-state index contributed by atoms with van der Waals surface area (Å²) in [7, 11) is 2.05. The van der Waals surface area contributed by atoms with Crippen LogP contribution < -0.4 is 10.1 Å². The van der Waals surface area contributed by atoms with Crippen molar-refractivity contribution in [2.45, 2.75) is 25.6 Å². The Labute approximate surface area is 204 Å². The molecule has 0 aliphatic rings. The first-order chi connectivity index (χ1) is 17.2. The highest BCUT2D eigenvalue weighted by atomic mass is 19.4. The van der Waals surface area contributed by atoms with E-state index in [1.54, 1.807) is 0 Å². The van der Waals surface area contributed by atoms with E-state index in [9.17, 15) is 40.3 Å². The standard InChI is InChI=1S/C23H18F7N3O4/c1-10(11-7-14(24)16(15(25)8-11)22(35)36-3)31-20(34)17-18(19(26)27)32-33(2)21(17)37-13-6-4-5-12(9-13)23(28,29)30/h4-10,19H,1-3H3,(H,31,34)/t10-/m0/s1. The fourth-order valence-electron chi connectivity index (χ4n) is 3.35. The summed E-state index contributed by atoms with van der Waals surface area (Å²) in [5, 5.41) is 5.80. The maximum absolute atomic E-state index is 14.3. The van der Waals surface area contributed by atoms with Crippen molar-refractivity contribution in [2.24, 2.45) is 7.05 Å². The van der Waals surface area contributed by atoms with Gasteiger partial charge in [-0.1, -0.05) is 6.07 Å². The molecule has 0 spiro atoms. The van der Waals surface area contributed by atoms with E-state index >= 15 is 0 Å². The molecular weight excluding hydrogens is 515 g/mol. The molecule has 2 aromatic carbocycles. The van der Waals surface area contributed by atoms with Crippen molar-refractivity contribution < 1.29 is 49.8 Å². The molecule has 1 atom stereocenters. The van der Waals surface area contributed by atoms with Gasteiger partial charge < -0.3 is 14.8 Å². The van der Waals surface area contributed by atoms with Crippen LogP contribution in [0.3, 0.4) is 0 Å². The zero-order valence-electron chi connectivity index (χ0n) is 19.3. The van der Waals surface area contributed by atoms with E-state index in [1.807, 2.05) is 0 Å². The van der Waals surface area contributed by atoms with Gasteiger partial charge in [-0.05, 0) is 42.8 Å². The average Bonchev–Trinajstić information content (AvgIpc) is 3.14. The minimum absolute atomic E-state index is 0.168. The quantitative estimate of drug-likeness (QED) is 0.310. The molecule has 3 aromatic rings. The number of hydrogen-bond donors (Lipinski definition) is 1. The normalized spacial score (nSPS) is 12.4. The van der Waals surface area contributed by atoms with Crippen LogP contribution in [0.1, 0.15) is 56.9 Å². The molecule has 1 N–H and O–H groups in total. The molecule has 3 rings (SSSR count). The van der Waals surface area contributed by atoms with E-state index in [-0.39, 0.29) is 5.56 Å². The number of nitrogens with zero attached hydrogens (tertiary/aromatic N) is 2. The van der Waals surface area contributed by atoms with Gasteiger partial charge >= 0.3 is 12.1 Å². The third-order valence-corrected chi connectivity index (χ3v) is 5.13. The lowest BCUT2D eigenvalue weighted by Crippen LogP contribution is -2.28. The molecule has 0 saturated carbocycles. The van der Waals surface area contributed by atoms with Crippen LogP contribution in [0.4, 0.5) is 30.7 Å². The Bertz CT molecular complexity index is 1320. The fourth-order valence-corrected chi connectivity index (χ4v) is 3.35. The molecule has 1 amide bonds. The summed E-state index contributed by atoms with van der Waals surface area (Å²) in [6.07, 6.45) is -8.00. The van der Waals surface area contributed by atoms with Gasteiger partial charge in [0.25, 0.3) is 12.3 Å². The number of aryl methyl sites for hydroxylation is 1. The number of nitrogens with one attached hydrogen (secondary N) is 1. The highest BCUT2D eigenvalue weighted by molar-refractivity contribution is 5.98. The lowest BCUT2D eigenvalue weighted by atomic mass is 10.0. The number of esters is 1. The summed E-state index contributed by atoms with van der Waals surface area (Å²) in [5.41, 5.74) is -4.05. The molecule has 198 valence electrons. The Morgan fingerprint density at radius 2 is 1.68 bits per heavy atom. The second-order valence-electron chi connectivity index (χ2n) is 7.66. The summed E-state index contributed by atoms with van der Waals surface area (Å²) < 4.78 is 105. The number of alkyl halides is 5. The molecule has 37 heavy (non-hydrogen) atoms. The number of halogens is 7. The Balaban J connectivity index is 1.96. The van der Waals surface area contributed by atoms with Crippen LogP contribution in [0.5, 0.6) is 11.6 Å². The number of benzene rings is 2. The maximum atomic E-state index is 14.3. The smallest absolute Gasteiger partial charge is 0.416 e. The predicted octanol–water partition coefficient (Wildman–Crippen LogP) is 5.72. The predicted molar refractivity (Wildman–Crippen MR) is 113 cm³/mol. The molecular formula is C23H18F7N3O4. The van der Waals surface area contributed by atoms with Gasteiger partial charge in [0.1, 0.15) is 34.2 Å². The Kier molecular flexibility index (Phi) is 7.79. The lowest BCUT2D eigenvalue weighted by molar-refractivity contribution is -0.137. The number of methoxy groups -OCH3 is 1. The van der Waals surface area contributed by atoms with Crippen LogP contribution in [0.2, 0.25) is 0 Å². The van der Waals surface area contributed by atoms with Gasteiger partial charge in [0, 0.05) is 7.05 Å². The minimum atomic E-state index is -4.72. The molecule has 0 saturated heterocycles. The van der Waals surface area contributed by atoms with Crippen LogP contribution in [0.15, 0.2) is 36.4 Å². The monoisotopic (exact) mass is 533 g/mol. The molecule has 0 aliphatic carbocycles. The van der Waals surface area contributed by atoms with E-state index in [4.69, 9.17) is 4.74 Å². The van der Waals surface area contributed by atoms with Crippen molar-refractivity contribution in [1.82, 2.24) is 15.1 Å². The van der Waals surface area contributed by atoms with Crippen molar-refractivity contribution in [2.75, 3.05) is 7.11 Å². The molecule has 1 heterocycles. The number of carbonyl (C=O) groups is 2. The van der Waals surface area contributed by atoms with E-state index < -0.39 is 76.2 Å². The van der Waals surface area contributed by atoms with Crippen molar-refractivity contribution >= 4 is 11.9 Å². The topological polar surface area (TPSA) is 82.5 Å². The number of rotatable bonds is 7. The van der Waals surface area contributed by atoms with Crippen molar-refractivity contribution in [3.05, 3.63) is 76.0 Å². The minimum Gasteiger partial charge on any atom is -0.465 e. The number of amides is 1. The van der Waals surface area contributed by atoms with E-state index in [1.165, 1.54) is 6.92 Å². The van der Waals surface area contributed by atoms with E-state index in [0.29, 0.717) is 6.07 Å². The van der Waals surface area contributed by atoms with E-state index in [0.717, 1.165) is 49.2 Å². The molecule has 7 nitrogen and oxygen atoms in total. The second kappa shape index (κ2) is 10.5. The first-order valence-electron chi connectivity index (χ1n) is 10.3. The summed E-state index contributed by atoms with van der Waals surface area (Å²) in [6.45, 7) is 1.27. The summed E-state index contributed by atoms with van der Waals surface area (Å²) in [5.74, 6) is -6.07. The molecule has 0 bridgehead atoms. The van der Waals surface area contributed by atoms with Crippen LogP contribution in [0.25, 0.3) is 0 Å². The highest BCUT2D eigenvalue weighted by Crippen LogP contribution is 2.36. The van der Waals surface area contributed by atoms with Crippen molar-refractivity contribution in [3.63, 3.8) is 0 Å². The van der Waals surface area contributed by atoms with Crippen molar-refractivity contribution in [1.29, 1.82) is 0 Å². The number of carbonyl (C=O) groups excluding carboxylic acids is 2. The Hall–Kier alpha value is -4.10. The molecule has 14 heteroatoms. The maximum Gasteiger partial charge on any atom is 0.416 e. The van der Waals surface area contributed by atoms with Gasteiger partial charge in [-0.2, -0.15) is 18.3 Å². The van der Waals surface area contributed by atoms with Crippen molar-refractivity contribution in [3.8, 4) is 11.6 Å². The van der Waals surface area contributed by atoms with E-state index in [2.05, 4.69) is 15.2 Å². The summed E-state index contributed by atoms with van der Waals surface area (Å²) in [4.78, 5) is 24.5. The first kappa shape index (κ1) is 27.5. The van der Waals surface area contributed by atoms with Crippen LogP contribution in [-0.2, 0) is 18.0 Å². The zero-order chi connectivity index (χ0) is 27.7. The van der Waals surface area contributed by atoms with Gasteiger partial charge in [-0.3, -0.25) is 4.79 Å². The lowest BCUT2D eigenvalue weighted by Gasteiger charge is -2.17. The molecule has 1 aromatic heterocycles. The Morgan fingerprint density at radius 1 is 1.05 bits per heavy atom. The highest BCUT2D eigenvalue weighted by Gasteiger charge is 2.33. The third kappa shape index (κ3) is 5.84. The summed E-state index contributed by atoms with van der Waals surface area (Å²) in [6, 6.07) is 3.81. The number of hydrogen-bond acceptors (Lipinski definition) is 5. The van der Waals surface area contributed by atoms with Crippen LogP contribution in [-0.4, -0.2) is 28.8 Å².